The molecule has 0 bridgehead atoms. The fourth-order valence-corrected chi connectivity index (χ4v) is 3.39. The number of amides is 1. The number of halogens is 1. The molecule has 34 heavy (non-hydrogen) atoms. The van der Waals surface area contributed by atoms with Crippen molar-refractivity contribution in [3.8, 4) is 17.0 Å². The van der Waals surface area contributed by atoms with E-state index in [-0.39, 0.29) is 11.3 Å². The number of nitrogens with zero attached hydrogens (tertiary/aromatic N) is 2. The Labute approximate surface area is 194 Å². The Kier molecular flexibility index (Phi) is 6.53. The molecule has 2 heterocycles. The van der Waals surface area contributed by atoms with Gasteiger partial charge in [-0.2, -0.15) is 0 Å². The van der Waals surface area contributed by atoms with Crippen molar-refractivity contribution >= 4 is 28.7 Å². The number of benzene rings is 2. The predicted molar refractivity (Wildman–Crippen MR) is 123 cm³/mol. The van der Waals surface area contributed by atoms with Gasteiger partial charge in [0.15, 0.2) is 6.10 Å². The Morgan fingerprint density at radius 3 is 2.62 bits per heavy atom. The molecule has 0 fully saturated rings. The lowest BCUT2D eigenvalue weighted by molar-refractivity contribution is -0.123. The third-order valence-electron chi connectivity index (χ3n) is 5.07. The van der Waals surface area contributed by atoms with Crippen molar-refractivity contribution in [1.29, 1.82) is 0 Å². The lowest BCUT2D eigenvalue weighted by Crippen LogP contribution is -2.30. The number of esters is 1. The number of aryl methyl sites for hydroxylation is 1. The van der Waals surface area contributed by atoms with Crippen molar-refractivity contribution < 1.29 is 28.0 Å². The summed E-state index contributed by atoms with van der Waals surface area (Å²) in [6.07, 6.45) is -1.11. The highest BCUT2D eigenvalue weighted by atomic mass is 19.1. The SMILES string of the molecule is CCOc1ccccc1NC(=O)C(C)OC(=O)c1cc(-c2ccc(F)cc2)nc2onc(C)c12. The van der Waals surface area contributed by atoms with Crippen LogP contribution < -0.4 is 10.1 Å². The first-order chi connectivity index (χ1) is 16.4. The summed E-state index contributed by atoms with van der Waals surface area (Å²) >= 11 is 0. The van der Waals surface area contributed by atoms with Gasteiger partial charge in [-0.3, -0.25) is 4.79 Å². The average Bonchev–Trinajstić information content (AvgIpc) is 3.21. The minimum atomic E-state index is -1.11. The average molecular weight is 463 g/mol. The van der Waals surface area contributed by atoms with Gasteiger partial charge in [0.05, 0.1) is 34.6 Å². The molecule has 4 aromatic rings. The molecule has 1 N–H and O–H groups in total. The van der Waals surface area contributed by atoms with Crippen molar-refractivity contribution in [3.05, 3.63) is 71.7 Å². The van der Waals surface area contributed by atoms with Gasteiger partial charge >= 0.3 is 5.97 Å². The number of pyridine rings is 1. The highest BCUT2D eigenvalue weighted by molar-refractivity contribution is 6.05. The molecule has 0 saturated carbocycles. The molecule has 1 atom stereocenters. The third kappa shape index (κ3) is 4.73. The lowest BCUT2D eigenvalue weighted by Gasteiger charge is -2.16. The monoisotopic (exact) mass is 463 g/mol. The molecule has 0 aliphatic heterocycles. The van der Waals surface area contributed by atoms with Crippen LogP contribution in [0.25, 0.3) is 22.4 Å². The van der Waals surface area contributed by atoms with Gasteiger partial charge in [-0.1, -0.05) is 17.3 Å². The van der Waals surface area contributed by atoms with E-state index in [1.807, 2.05) is 6.92 Å². The molecule has 1 amide bonds. The molecule has 0 radical (unpaired) electrons. The molecule has 9 heteroatoms. The Morgan fingerprint density at radius 2 is 1.88 bits per heavy atom. The molecule has 174 valence electrons. The zero-order chi connectivity index (χ0) is 24.2. The van der Waals surface area contributed by atoms with Gasteiger partial charge in [0, 0.05) is 5.56 Å². The van der Waals surface area contributed by atoms with E-state index in [2.05, 4.69) is 15.5 Å². The van der Waals surface area contributed by atoms with E-state index in [0.29, 0.717) is 40.4 Å². The van der Waals surface area contributed by atoms with Crippen LogP contribution in [0.2, 0.25) is 0 Å². The smallest absolute Gasteiger partial charge is 0.339 e. The zero-order valence-electron chi connectivity index (χ0n) is 18.8. The topological polar surface area (TPSA) is 104 Å². The van der Waals surface area contributed by atoms with E-state index in [1.54, 1.807) is 31.2 Å². The van der Waals surface area contributed by atoms with E-state index >= 15 is 0 Å². The normalized spacial score (nSPS) is 11.8. The highest BCUT2D eigenvalue weighted by Crippen LogP contribution is 2.28. The number of ether oxygens (including phenoxy) is 2. The third-order valence-corrected chi connectivity index (χ3v) is 5.07. The maximum atomic E-state index is 13.3. The summed E-state index contributed by atoms with van der Waals surface area (Å²) in [5.41, 5.74) is 2.13. The van der Waals surface area contributed by atoms with Gasteiger partial charge in [0.2, 0.25) is 0 Å². The summed E-state index contributed by atoms with van der Waals surface area (Å²) in [7, 11) is 0. The quantitative estimate of drug-likeness (QED) is 0.388. The zero-order valence-corrected chi connectivity index (χ0v) is 18.8. The Hall–Kier alpha value is -4.27. The van der Waals surface area contributed by atoms with E-state index in [0.717, 1.165) is 0 Å². The van der Waals surface area contributed by atoms with E-state index < -0.39 is 23.8 Å². The number of nitrogens with one attached hydrogen (secondary N) is 1. The van der Waals surface area contributed by atoms with Crippen molar-refractivity contribution in [2.75, 3.05) is 11.9 Å². The van der Waals surface area contributed by atoms with Crippen LogP contribution in [0.1, 0.15) is 29.9 Å². The first kappa shape index (κ1) is 22.9. The van der Waals surface area contributed by atoms with Crippen LogP contribution in [0.3, 0.4) is 0 Å². The number of carbonyl (C=O) groups is 2. The standard InChI is InChI=1S/C25H22FN3O5/c1-4-32-21-8-6-5-7-19(21)27-23(30)15(3)33-25(31)18-13-20(16-9-11-17(26)12-10-16)28-24-22(18)14(2)29-34-24/h5-13,15H,4H2,1-3H3,(H,27,30). The summed E-state index contributed by atoms with van der Waals surface area (Å²) < 4.78 is 29.6. The Bertz CT molecular complexity index is 1350. The molecular weight excluding hydrogens is 441 g/mol. The van der Waals surface area contributed by atoms with Gasteiger partial charge in [0.25, 0.3) is 11.6 Å². The summed E-state index contributed by atoms with van der Waals surface area (Å²) in [5, 5.41) is 6.98. The second-order valence-electron chi connectivity index (χ2n) is 7.48. The van der Waals surface area contributed by atoms with Crippen molar-refractivity contribution in [2.45, 2.75) is 26.9 Å². The molecule has 4 rings (SSSR count). The second kappa shape index (κ2) is 9.70. The van der Waals surface area contributed by atoms with E-state index in [9.17, 15) is 14.0 Å². The predicted octanol–water partition coefficient (Wildman–Crippen LogP) is 4.92. The number of carbonyl (C=O) groups excluding carboxylic acids is 2. The van der Waals surface area contributed by atoms with Crippen LogP contribution in [-0.2, 0) is 9.53 Å². The fraction of sp³-hybridized carbons (Fsp3) is 0.200. The van der Waals surface area contributed by atoms with Gasteiger partial charge in [-0.05, 0) is 63.2 Å². The van der Waals surface area contributed by atoms with Gasteiger partial charge in [0.1, 0.15) is 11.6 Å². The fourth-order valence-electron chi connectivity index (χ4n) is 3.39. The highest BCUT2D eigenvalue weighted by Gasteiger charge is 2.25. The molecule has 2 aromatic carbocycles. The van der Waals surface area contributed by atoms with E-state index in [4.69, 9.17) is 14.0 Å². The largest absolute Gasteiger partial charge is 0.492 e. The number of rotatable bonds is 7. The van der Waals surface area contributed by atoms with Crippen molar-refractivity contribution in [2.24, 2.45) is 0 Å². The Morgan fingerprint density at radius 1 is 1.15 bits per heavy atom. The lowest BCUT2D eigenvalue weighted by atomic mass is 10.1. The van der Waals surface area contributed by atoms with Crippen LogP contribution in [0.15, 0.2) is 59.1 Å². The summed E-state index contributed by atoms with van der Waals surface area (Å²) in [4.78, 5) is 30.2. The number of aromatic nitrogens is 2. The van der Waals surface area contributed by atoms with Crippen LogP contribution >= 0.6 is 0 Å². The molecule has 0 aliphatic carbocycles. The van der Waals surface area contributed by atoms with Crippen LogP contribution in [0.4, 0.5) is 10.1 Å². The minimum absolute atomic E-state index is 0.133. The van der Waals surface area contributed by atoms with Gasteiger partial charge < -0.3 is 19.3 Å². The number of hydrogen-bond acceptors (Lipinski definition) is 7. The van der Waals surface area contributed by atoms with Crippen LogP contribution in [0.5, 0.6) is 5.75 Å². The van der Waals surface area contributed by atoms with Crippen LogP contribution in [0, 0.1) is 12.7 Å². The van der Waals surface area contributed by atoms with Gasteiger partial charge in [-0.15, -0.1) is 0 Å². The van der Waals surface area contributed by atoms with Crippen molar-refractivity contribution in [1.82, 2.24) is 10.1 Å². The number of fused-ring (bicyclic) bond motifs is 1. The Balaban J connectivity index is 1.59. The first-order valence-electron chi connectivity index (χ1n) is 10.6. The summed E-state index contributed by atoms with van der Waals surface area (Å²) in [5.74, 6) is -1.16. The first-order valence-corrected chi connectivity index (χ1v) is 10.6. The van der Waals surface area contributed by atoms with Crippen LogP contribution in [-0.4, -0.2) is 34.7 Å². The molecular formula is C25H22FN3O5. The summed E-state index contributed by atoms with van der Waals surface area (Å²) in [6, 6.07) is 14.1. The molecule has 0 aliphatic rings. The molecule has 2 aromatic heterocycles. The minimum Gasteiger partial charge on any atom is -0.492 e. The maximum Gasteiger partial charge on any atom is 0.339 e. The maximum absolute atomic E-state index is 13.3. The number of para-hydroxylation sites is 2. The molecule has 8 nitrogen and oxygen atoms in total. The molecule has 0 spiro atoms. The molecule has 1 unspecified atom stereocenters. The van der Waals surface area contributed by atoms with Gasteiger partial charge in [-0.25, -0.2) is 14.2 Å². The second-order valence-corrected chi connectivity index (χ2v) is 7.48. The number of hydrogen-bond donors (Lipinski definition) is 1. The summed E-state index contributed by atoms with van der Waals surface area (Å²) in [6.45, 7) is 5.41. The molecule has 0 saturated heterocycles. The van der Waals surface area contributed by atoms with E-state index in [1.165, 1.54) is 37.3 Å². The van der Waals surface area contributed by atoms with Crippen molar-refractivity contribution in [3.63, 3.8) is 0 Å². The number of anilines is 1.